The number of hydrogen-bond donors (Lipinski definition) is 2. The largest absolute Gasteiger partial charge is 0.356 e. The molecule has 2 heterocycles. The summed E-state index contributed by atoms with van der Waals surface area (Å²) < 4.78 is 0. The topological polar surface area (TPSA) is 61.0 Å². The van der Waals surface area contributed by atoms with Crippen molar-refractivity contribution in [2.24, 2.45) is 5.92 Å². The number of nitrogens with one attached hydrogen (secondary N) is 2. The number of fused-ring (bicyclic) bond motifs is 1. The van der Waals surface area contributed by atoms with E-state index in [4.69, 9.17) is 0 Å². The third kappa shape index (κ3) is 3.24. The van der Waals surface area contributed by atoms with E-state index in [1.165, 1.54) is 0 Å². The second-order valence-corrected chi connectivity index (χ2v) is 6.01. The van der Waals surface area contributed by atoms with E-state index in [1.807, 2.05) is 24.3 Å². The Kier molecular flexibility index (Phi) is 4.61. The van der Waals surface area contributed by atoms with Gasteiger partial charge >= 0.3 is 0 Å². The standard InChI is InChI=1S/C17H24N4O/c1-2-3-10-18-16(22)13-7-6-11-21(12-13)17-19-14-8-4-5-9-15(14)20-17/h4-5,8-9,13H,2-3,6-7,10-12H2,1H3,(H,18,22)(H,19,20)/t13-/m0/s1. The maximum atomic E-state index is 12.3. The maximum Gasteiger partial charge on any atom is 0.224 e. The molecule has 1 atom stereocenters. The minimum Gasteiger partial charge on any atom is -0.356 e. The van der Waals surface area contributed by atoms with Crippen molar-refractivity contribution < 1.29 is 4.79 Å². The minimum atomic E-state index is 0.0684. The molecule has 0 aliphatic carbocycles. The number of carbonyl (C=O) groups is 1. The van der Waals surface area contributed by atoms with Gasteiger partial charge in [0, 0.05) is 19.6 Å². The molecule has 1 aliphatic heterocycles. The van der Waals surface area contributed by atoms with Crippen molar-refractivity contribution in [3.8, 4) is 0 Å². The van der Waals surface area contributed by atoms with Crippen molar-refractivity contribution in [1.29, 1.82) is 0 Å². The van der Waals surface area contributed by atoms with Crippen molar-refractivity contribution in [2.75, 3.05) is 24.5 Å². The molecule has 0 spiro atoms. The number of carbonyl (C=O) groups excluding carboxylic acids is 1. The van der Waals surface area contributed by atoms with E-state index in [-0.39, 0.29) is 11.8 Å². The van der Waals surface area contributed by atoms with Crippen LogP contribution in [0.4, 0.5) is 5.95 Å². The van der Waals surface area contributed by atoms with Gasteiger partial charge in [-0.05, 0) is 31.4 Å². The summed E-state index contributed by atoms with van der Waals surface area (Å²) in [6.45, 7) is 4.63. The second kappa shape index (κ2) is 6.81. The van der Waals surface area contributed by atoms with Crippen LogP contribution in [0.2, 0.25) is 0 Å². The number of aromatic nitrogens is 2. The fourth-order valence-corrected chi connectivity index (χ4v) is 3.01. The predicted octanol–water partition coefficient (Wildman–Crippen LogP) is 2.70. The number of unbranched alkanes of at least 4 members (excludes halogenated alkanes) is 1. The predicted molar refractivity (Wildman–Crippen MR) is 88.9 cm³/mol. The van der Waals surface area contributed by atoms with Gasteiger partial charge in [-0.15, -0.1) is 0 Å². The monoisotopic (exact) mass is 300 g/mol. The first kappa shape index (κ1) is 14.9. The Morgan fingerprint density at radius 1 is 1.45 bits per heavy atom. The molecule has 3 rings (SSSR count). The quantitative estimate of drug-likeness (QED) is 0.835. The molecule has 1 aromatic carbocycles. The highest BCUT2D eigenvalue weighted by molar-refractivity contribution is 5.80. The van der Waals surface area contributed by atoms with Crippen LogP contribution in [0, 0.1) is 5.92 Å². The molecule has 1 aromatic heterocycles. The van der Waals surface area contributed by atoms with Gasteiger partial charge in [-0.3, -0.25) is 4.79 Å². The van der Waals surface area contributed by atoms with Gasteiger partial charge in [0.25, 0.3) is 0 Å². The molecule has 22 heavy (non-hydrogen) atoms. The average Bonchev–Trinajstić information content (AvgIpc) is 2.99. The molecule has 0 saturated carbocycles. The van der Waals surface area contributed by atoms with E-state index >= 15 is 0 Å². The lowest BCUT2D eigenvalue weighted by molar-refractivity contribution is -0.125. The fourth-order valence-electron chi connectivity index (χ4n) is 3.01. The highest BCUT2D eigenvalue weighted by atomic mass is 16.1. The van der Waals surface area contributed by atoms with Gasteiger partial charge in [0.2, 0.25) is 11.9 Å². The van der Waals surface area contributed by atoms with Gasteiger partial charge in [-0.25, -0.2) is 4.98 Å². The number of H-pyrrole nitrogens is 1. The number of rotatable bonds is 5. The average molecular weight is 300 g/mol. The first-order valence-corrected chi connectivity index (χ1v) is 8.25. The van der Waals surface area contributed by atoms with Gasteiger partial charge < -0.3 is 15.2 Å². The number of aromatic amines is 1. The number of anilines is 1. The van der Waals surface area contributed by atoms with E-state index in [9.17, 15) is 4.79 Å². The molecule has 1 fully saturated rings. The summed E-state index contributed by atoms with van der Waals surface area (Å²) in [5, 5.41) is 3.06. The number of imidazole rings is 1. The van der Waals surface area contributed by atoms with Crippen LogP contribution in [0.15, 0.2) is 24.3 Å². The van der Waals surface area contributed by atoms with Gasteiger partial charge in [0.05, 0.1) is 17.0 Å². The Hall–Kier alpha value is -2.04. The van der Waals surface area contributed by atoms with Gasteiger partial charge in [-0.2, -0.15) is 0 Å². The Balaban J connectivity index is 1.66. The Bertz CT molecular complexity index is 603. The van der Waals surface area contributed by atoms with Crippen LogP contribution in [0.3, 0.4) is 0 Å². The number of amides is 1. The molecule has 0 unspecified atom stereocenters. The number of hydrogen-bond acceptors (Lipinski definition) is 3. The van der Waals surface area contributed by atoms with Crippen LogP contribution in [0.5, 0.6) is 0 Å². The summed E-state index contributed by atoms with van der Waals surface area (Å²) in [7, 11) is 0. The highest BCUT2D eigenvalue weighted by Gasteiger charge is 2.27. The Morgan fingerprint density at radius 2 is 2.32 bits per heavy atom. The maximum absolute atomic E-state index is 12.3. The molecule has 2 N–H and O–H groups in total. The zero-order valence-corrected chi connectivity index (χ0v) is 13.1. The van der Waals surface area contributed by atoms with E-state index in [0.717, 1.165) is 62.3 Å². The molecule has 0 radical (unpaired) electrons. The molecular weight excluding hydrogens is 276 g/mol. The highest BCUT2D eigenvalue weighted by Crippen LogP contribution is 2.23. The number of benzene rings is 1. The summed E-state index contributed by atoms with van der Waals surface area (Å²) >= 11 is 0. The van der Waals surface area contributed by atoms with Crippen LogP contribution >= 0.6 is 0 Å². The Morgan fingerprint density at radius 3 is 3.14 bits per heavy atom. The van der Waals surface area contributed by atoms with Gasteiger partial charge in [0.1, 0.15) is 0 Å². The number of piperidine rings is 1. The van der Waals surface area contributed by atoms with E-state index in [0.29, 0.717) is 0 Å². The summed E-state index contributed by atoms with van der Waals surface area (Å²) in [5.74, 6) is 1.14. The summed E-state index contributed by atoms with van der Waals surface area (Å²) in [6.07, 6.45) is 4.15. The molecule has 1 aliphatic rings. The third-order valence-electron chi connectivity index (χ3n) is 4.30. The van der Waals surface area contributed by atoms with E-state index in [1.54, 1.807) is 0 Å². The van der Waals surface area contributed by atoms with Crippen LogP contribution < -0.4 is 10.2 Å². The lowest BCUT2D eigenvalue weighted by atomic mass is 9.97. The van der Waals surface area contributed by atoms with Crippen LogP contribution in [-0.4, -0.2) is 35.5 Å². The van der Waals surface area contributed by atoms with Gasteiger partial charge in [-0.1, -0.05) is 25.5 Å². The third-order valence-corrected chi connectivity index (χ3v) is 4.30. The van der Waals surface area contributed by atoms with Crippen LogP contribution in [-0.2, 0) is 4.79 Å². The van der Waals surface area contributed by atoms with Crippen molar-refractivity contribution in [3.63, 3.8) is 0 Å². The molecule has 1 saturated heterocycles. The number of nitrogens with zero attached hydrogens (tertiary/aromatic N) is 2. The molecule has 2 aromatic rings. The van der Waals surface area contributed by atoms with Crippen LogP contribution in [0.25, 0.3) is 11.0 Å². The zero-order chi connectivity index (χ0) is 15.4. The molecule has 5 heteroatoms. The van der Waals surface area contributed by atoms with Gasteiger partial charge in [0.15, 0.2) is 0 Å². The molecule has 5 nitrogen and oxygen atoms in total. The zero-order valence-electron chi connectivity index (χ0n) is 13.1. The smallest absolute Gasteiger partial charge is 0.224 e. The SMILES string of the molecule is CCCCNC(=O)[C@H]1CCCN(c2nc3ccccc3[nH]2)C1. The lowest BCUT2D eigenvalue weighted by Gasteiger charge is -2.31. The summed E-state index contributed by atoms with van der Waals surface area (Å²) in [4.78, 5) is 22.5. The fraction of sp³-hybridized carbons (Fsp3) is 0.529. The van der Waals surface area contributed by atoms with Crippen molar-refractivity contribution in [2.45, 2.75) is 32.6 Å². The molecule has 118 valence electrons. The van der Waals surface area contributed by atoms with Crippen molar-refractivity contribution in [1.82, 2.24) is 15.3 Å². The second-order valence-electron chi connectivity index (χ2n) is 6.01. The summed E-state index contributed by atoms with van der Waals surface area (Å²) in [5.41, 5.74) is 2.03. The molecular formula is C17H24N4O. The normalized spacial score (nSPS) is 18.6. The number of para-hydroxylation sites is 2. The van der Waals surface area contributed by atoms with Crippen LogP contribution in [0.1, 0.15) is 32.6 Å². The van der Waals surface area contributed by atoms with E-state index < -0.39 is 0 Å². The molecule has 0 bridgehead atoms. The first-order chi connectivity index (χ1) is 10.8. The van der Waals surface area contributed by atoms with E-state index in [2.05, 4.69) is 27.1 Å². The first-order valence-electron chi connectivity index (χ1n) is 8.25. The molecule has 1 amide bonds. The van der Waals surface area contributed by atoms with Crippen molar-refractivity contribution >= 4 is 22.9 Å². The lowest BCUT2D eigenvalue weighted by Crippen LogP contribution is -2.43. The minimum absolute atomic E-state index is 0.0684. The summed E-state index contributed by atoms with van der Waals surface area (Å²) in [6, 6.07) is 8.04. The Labute approximate surface area is 131 Å². The van der Waals surface area contributed by atoms with Crippen molar-refractivity contribution in [3.05, 3.63) is 24.3 Å².